The largest absolute Gasteiger partial charge is 0.397 e. The van der Waals surface area contributed by atoms with Crippen LogP contribution in [0.1, 0.15) is 30.1 Å². The van der Waals surface area contributed by atoms with Crippen LogP contribution in [-0.2, 0) is 10.0 Å². The van der Waals surface area contributed by atoms with Crippen LogP contribution in [0.3, 0.4) is 0 Å². The summed E-state index contributed by atoms with van der Waals surface area (Å²) in [5.41, 5.74) is 7.19. The molecule has 8 heteroatoms. The summed E-state index contributed by atoms with van der Waals surface area (Å²) in [4.78, 5) is 12.5. The van der Waals surface area contributed by atoms with E-state index >= 15 is 0 Å². The number of rotatable bonds is 4. The second kappa shape index (κ2) is 8.73. The maximum Gasteiger partial charge on any atom is 0.255 e. The summed E-state index contributed by atoms with van der Waals surface area (Å²) >= 11 is 0. The van der Waals surface area contributed by atoms with E-state index in [0.29, 0.717) is 35.9 Å². The minimum absolute atomic E-state index is 0. The Morgan fingerprint density at radius 2 is 1.67 bits per heavy atom. The van der Waals surface area contributed by atoms with E-state index in [1.807, 2.05) is 0 Å². The molecule has 1 amide bonds. The van der Waals surface area contributed by atoms with Crippen LogP contribution in [0.15, 0.2) is 53.4 Å². The Morgan fingerprint density at radius 3 is 2.26 bits per heavy atom. The molecule has 0 unspecified atom stereocenters. The zero-order valence-corrected chi connectivity index (χ0v) is 16.7. The first-order chi connectivity index (χ1) is 12.4. The van der Waals surface area contributed by atoms with Crippen LogP contribution in [0.25, 0.3) is 0 Å². The SMILES string of the molecule is CC1CCN(S(=O)(=O)c2ccc(C(=O)Nc3ccccc3N)cc2)CC1.Cl. The molecular weight excluding hydrogens is 386 g/mol. The van der Waals surface area contributed by atoms with Crippen molar-refractivity contribution in [3.05, 3.63) is 54.1 Å². The molecule has 0 aromatic heterocycles. The third-order valence-electron chi connectivity index (χ3n) is 4.71. The number of halogens is 1. The fourth-order valence-corrected chi connectivity index (χ4v) is 4.43. The Balaban J connectivity index is 0.00000261. The smallest absolute Gasteiger partial charge is 0.255 e. The lowest BCUT2D eigenvalue weighted by molar-refractivity contribution is 0.102. The third-order valence-corrected chi connectivity index (χ3v) is 6.62. The number of benzene rings is 2. The summed E-state index contributed by atoms with van der Waals surface area (Å²) in [7, 11) is -3.51. The summed E-state index contributed by atoms with van der Waals surface area (Å²) in [5, 5.41) is 2.73. The summed E-state index contributed by atoms with van der Waals surface area (Å²) in [6, 6.07) is 13.0. The van der Waals surface area contributed by atoms with Crippen molar-refractivity contribution in [3.63, 3.8) is 0 Å². The highest BCUT2D eigenvalue weighted by atomic mass is 35.5. The van der Waals surface area contributed by atoms with Crippen molar-refractivity contribution in [2.24, 2.45) is 5.92 Å². The van der Waals surface area contributed by atoms with Gasteiger partial charge in [-0.25, -0.2) is 8.42 Å². The Morgan fingerprint density at radius 1 is 1.07 bits per heavy atom. The molecule has 146 valence electrons. The van der Waals surface area contributed by atoms with Crippen LogP contribution in [0.2, 0.25) is 0 Å². The average molecular weight is 410 g/mol. The Hall–Kier alpha value is -2.09. The van der Waals surface area contributed by atoms with Gasteiger partial charge < -0.3 is 11.1 Å². The van der Waals surface area contributed by atoms with E-state index in [0.717, 1.165) is 12.8 Å². The van der Waals surface area contributed by atoms with Crippen molar-refractivity contribution < 1.29 is 13.2 Å². The molecule has 3 N–H and O–H groups in total. The number of para-hydroxylation sites is 2. The number of nitrogen functional groups attached to an aromatic ring is 1. The highest BCUT2D eigenvalue weighted by Gasteiger charge is 2.28. The first-order valence-corrected chi connectivity index (χ1v) is 10.1. The second-order valence-corrected chi connectivity index (χ2v) is 8.59. The molecule has 1 heterocycles. The van der Waals surface area contributed by atoms with Crippen molar-refractivity contribution in [3.8, 4) is 0 Å². The van der Waals surface area contributed by atoms with Crippen LogP contribution < -0.4 is 11.1 Å². The van der Waals surface area contributed by atoms with Crippen LogP contribution >= 0.6 is 12.4 Å². The van der Waals surface area contributed by atoms with Gasteiger partial charge in [-0.05, 0) is 55.2 Å². The number of piperidine rings is 1. The van der Waals surface area contributed by atoms with Gasteiger partial charge >= 0.3 is 0 Å². The lowest BCUT2D eigenvalue weighted by Crippen LogP contribution is -2.37. The normalized spacial score (nSPS) is 15.7. The van der Waals surface area contributed by atoms with Crippen LogP contribution in [-0.4, -0.2) is 31.7 Å². The molecule has 0 bridgehead atoms. The van der Waals surface area contributed by atoms with Gasteiger partial charge in [-0.1, -0.05) is 19.1 Å². The van der Waals surface area contributed by atoms with E-state index in [1.54, 1.807) is 24.3 Å². The molecule has 6 nitrogen and oxygen atoms in total. The monoisotopic (exact) mass is 409 g/mol. The summed E-state index contributed by atoms with van der Waals surface area (Å²) in [6.07, 6.45) is 1.75. The molecule has 1 aliphatic rings. The topological polar surface area (TPSA) is 92.5 Å². The quantitative estimate of drug-likeness (QED) is 0.757. The van der Waals surface area contributed by atoms with Gasteiger partial charge in [0.25, 0.3) is 5.91 Å². The molecule has 0 aliphatic carbocycles. The second-order valence-electron chi connectivity index (χ2n) is 6.65. The Labute approximate surface area is 166 Å². The molecule has 3 rings (SSSR count). The summed E-state index contributed by atoms with van der Waals surface area (Å²) < 4.78 is 27.0. The lowest BCUT2D eigenvalue weighted by Gasteiger charge is -2.29. The number of anilines is 2. The van der Waals surface area contributed by atoms with Gasteiger partial charge in [0.2, 0.25) is 10.0 Å². The van der Waals surface area contributed by atoms with Crippen molar-refractivity contribution in [2.45, 2.75) is 24.7 Å². The molecule has 2 aromatic rings. The van der Waals surface area contributed by atoms with E-state index in [1.165, 1.54) is 28.6 Å². The minimum atomic E-state index is -3.51. The number of carbonyl (C=O) groups is 1. The van der Waals surface area contributed by atoms with Gasteiger partial charge in [-0.3, -0.25) is 4.79 Å². The van der Waals surface area contributed by atoms with E-state index < -0.39 is 10.0 Å². The fourth-order valence-electron chi connectivity index (χ4n) is 2.96. The zero-order chi connectivity index (χ0) is 18.7. The van der Waals surface area contributed by atoms with Crippen LogP contribution in [0.4, 0.5) is 11.4 Å². The molecule has 0 saturated carbocycles. The van der Waals surface area contributed by atoms with E-state index in [2.05, 4.69) is 12.2 Å². The minimum Gasteiger partial charge on any atom is -0.397 e. The molecular formula is C19H24ClN3O3S. The molecule has 0 atom stereocenters. The van der Waals surface area contributed by atoms with E-state index in [4.69, 9.17) is 5.73 Å². The molecule has 1 saturated heterocycles. The molecule has 1 aliphatic heterocycles. The number of carbonyl (C=O) groups excluding carboxylic acids is 1. The van der Waals surface area contributed by atoms with Crippen molar-refractivity contribution in [1.82, 2.24) is 4.31 Å². The molecule has 1 fully saturated rings. The number of sulfonamides is 1. The first kappa shape index (κ1) is 21.2. The maximum absolute atomic E-state index is 12.7. The molecule has 27 heavy (non-hydrogen) atoms. The number of amides is 1. The molecule has 0 radical (unpaired) electrons. The maximum atomic E-state index is 12.7. The van der Waals surface area contributed by atoms with E-state index in [-0.39, 0.29) is 23.2 Å². The third kappa shape index (κ3) is 4.80. The highest BCUT2D eigenvalue weighted by Crippen LogP contribution is 2.24. The standard InChI is InChI=1S/C19H23N3O3S.ClH/c1-14-10-12-22(13-11-14)26(24,25)16-8-6-15(7-9-16)19(23)21-18-5-3-2-4-17(18)20;/h2-9,14H,10-13,20H2,1H3,(H,21,23);1H. The lowest BCUT2D eigenvalue weighted by atomic mass is 10.0. The average Bonchev–Trinajstić information content (AvgIpc) is 2.64. The molecule has 0 spiro atoms. The predicted octanol–water partition coefficient (Wildman–Crippen LogP) is 3.36. The number of nitrogens with one attached hydrogen (secondary N) is 1. The molecule has 2 aromatic carbocycles. The van der Waals surface area contributed by atoms with Gasteiger partial charge in [0.15, 0.2) is 0 Å². The number of hydrogen-bond acceptors (Lipinski definition) is 4. The van der Waals surface area contributed by atoms with Crippen molar-refractivity contribution in [2.75, 3.05) is 24.1 Å². The predicted molar refractivity (Wildman–Crippen MR) is 110 cm³/mol. The van der Waals surface area contributed by atoms with Crippen molar-refractivity contribution >= 4 is 39.7 Å². The van der Waals surface area contributed by atoms with Gasteiger partial charge in [-0.2, -0.15) is 4.31 Å². The fraction of sp³-hybridized carbons (Fsp3) is 0.316. The zero-order valence-electron chi connectivity index (χ0n) is 15.1. The van der Waals surface area contributed by atoms with Gasteiger partial charge in [0.1, 0.15) is 0 Å². The number of nitrogens with zero attached hydrogens (tertiary/aromatic N) is 1. The number of nitrogens with two attached hydrogens (primary N) is 1. The highest BCUT2D eigenvalue weighted by molar-refractivity contribution is 7.89. The van der Waals surface area contributed by atoms with E-state index in [9.17, 15) is 13.2 Å². The first-order valence-electron chi connectivity index (χ1n) is 8.64. The van der Waals surface area contributed by atoms with Gasteiger partial charge in [-0.15, -0.1) is 12.4 Å². The number of hydrogen-bond donors (Lipinski definition) is 2. The summed E-state index contributed by atoms with van der Waals surface area (Å²) in [6.45, 7) is 3.22. The van der Waals surface area contributed by atoms with Crippen molar-refractivity contribution in [1.29, 1.82) is 0 Å². The van der Waals surface area contributed by atoms with Crippen LogP contribution in [0, 0.1) is 5.92 Å². The van der Waals surface area contributed by atoms with Gasteiger partial charge in [0, 0.05) is 18.7 Å². The Kier molecular flexibility index (Phi) is 6.86. The summed E-state index contributed by atoms with van der Waals surface area (Å²) in [5.74, 6) is 0.219. The Bertz CT molecular complexity index is 893. The van der Waals surface area contributed by atoms with Gasteiger partial charge in [0.05, 0.1) is 16.3 Å². The van der Waals surface area contributed by atoms with Crippen LogP contribution in [0.5, 0.6) is 0 Å².